The van der Waals surface area contributed by atoms with Crippen LogP contribution in [0, 0.1) is 0 Å². The summed E-state index contributed by atoms with van der Waals surface area (Å²) < 4.78 is 0. The van der Waals surface area contributed by atoms with Crippen LogP contribution in [-0.4, -0.2) is 28.1 Å². The lowest BCUT2D eigenvalue weighted by atomic mass is 9.97. The summed E-state index contributed by atoms with van der Waals surface area (Å²) in [5.74, 6) is 0.734. The number of anilines is 1. The molecule has 0 saturated carbocycles. The summed E-state index contributed by atoms with van der Waals surface area (Å²) in [5, 5.41) is 14.3. The normalized spacial score (nSPS) is 12.0. The van der Waals surface area contributed by atoms with E-state index in [4.69, 9.17) is 0 Å². The number of aromatic nitrogens is 3. The molecule has 0 spiro atoms. The van der Waals surface area contributed by atoms with E-state index >= 15 is 0 Å². The summed E-state index contributed by atoms with van der Waals surface area (Å²) >= 11 is 0. The molecule has 4 rings (SSSR count). The number of carbonyl (C=O) groups is 1. The summed E-state index contributed by atoms with van der Waals surface area (Å²) in [6.45, 7) is 0. The van der Waals surface area contributed by atoms with Crippen LogP contribution in [0.2, 0.25) is 0 Å². The Balaban J connectivity index is 1.77. The van der Waals surface area contributed by atoms with Gasteiger partial charge in [0.1, 0.15) is 5.82 Å². The Labute approximate surface area is 150 Å². The van der Waals surface area contributed by atoms with E-state index in [2.05, 4.69) is 37.9 Å². The van der Waals surface area contributed by atoms with Gasteiger partial charge in [-0.3, -0.25) is 9.89 Å². The van der Waals surface area contributed by atoms with Crippen molar-refractivity contribution < 1.29 is 4.79 Å². The molecule has 0 radical (unpaired) electrons. The van der Waals surface area contributed by atoms with Crippen LogP contribution < -0.4 is 10.6 Å². The summed E-state index contributed by atoms with van der Waals surface area (Å²) in [5.41, 5.74) is 3.90. The number of H-pyrrole nitrogens is 2. The topological polar surface area (TPSA) is 85.6 Å². The zero-order valence-corrected chi connectivity index (χ0v) is 14.3. The number of fused-ring (bicyclic) bond motifs is 1. The fourth-order valence-corrected chi connectivity index (χ4v) is 3.14. The molecule has 6 nitrogen and oxygen atoms in total. The lowest BCUT2D eigenvalue weighted by Crippen LogP contribution is -2.18. The van der Waals surface area contributed by atoms with E-state index < -0.39 is 0 Å². The molecule has 0 aliphatic carbocycles. The summed E-state index contributed by atoms with van der Waals surface area (Å²) in [6, 6.07) is 17.6. The first-order chi connectivity index (χ1) is 12.8. The van der Waals surface area contributed by atoms with Crippen LogP contribution in [0.1, 0.15) is 27.5 Å². The van der Waals surface area contributed by atoms with E-state index in [1.165, 1.54) is 0 Å². The zero-order valence-electron chi connectivity index (χ0n) is 14.3. The molecule has 26 heavy (non-hydrogen) atoms. The lowest BCUT2D eigenvalue weighted by Gasteiger charge is -2.19. The second kappa shape index (κ2) is 6.76. The van der Waals surface area contributed by atoms with Crippen LogP contribution in [0.15, 0.2) is 67.0 Å². The quantitative estimate of drug-likeness (QED) is 0.447. The zero-order chi connectivity index (χ0) is 17.9. The van der Waals surface area contributed by atoms with Crippen LogP contribution in [0.5, 0.6) is 0 Å². The number of carbonyl (C=O) groups excluding carboxylic acids is 1. The summed E-state index contributed by atoms with van der Waals surface area (Å²) in [6.07, 6.45) is 3.73. The van der Waals surface area contributed by atoms with Gasteiger partial charge in [-0.15, -0.1) is 0 Å². The lowest BCUT2D eigenvalue weighted by molar-refractivity contribution is 0.0963. The molecule has 6 heteroatoms. The standard InChI is InChI=1S/C20H19N5O/c1-21-20(26)14-8-6-13(7-9-14)19(24-18-10-11-23-25-18)16-12-22-17-5-3-2-4-15(16)17/h2-12,19,22H,1H3,(H,21,26)(H2,23,24,25). The molecule has 2 aromatic heterocycles. The van der Waals surface area contributed by atoms with E-state index in [-0.39, 0.29) is 11.9 Å². The third-order valence-electron chi connectivity index (χ3n) is 4.47. The number of benzene rings is 2. The molecule has 0 saturated heterocycles. The fourth-order valence-electron chi connectivity index (χ4n) is 3.14. The minimum Gasteiger partial charge on any atom is -0.361 e. The second-order valence-corrected chi connectivity index (χ2v) is 6.04. The molecule has 0 bridgehead atoms. The highest BCUT2D eigenvalue weighted by Crippen LogP contribution is 2.31. The number of nitrogens with one attached hydrogen (secondary N) is 4. The van der Waals surface area contributed by atoms with Crippen molar-refractivity contribution >= 4 is 22.6 Å². The van der Waals surface area contributed by atoms with Crippen LogP contribution >= 0.6 is 0 Å². The highest BCUT2D eigenvalue weighted by Gasteiger charge is 2.19. The van der Waals surface area contributed by atoms with E-state index in [9.17, 15) is 4.79 Å². The number of rotatable bonds is 5. The number of para-hydroxylation sites is 1. The largest absolute Gasteiger partial charge is 0.361 e. The van der Waals surface area contributed by atoms with Gasteiger partial charge in [-0.1, -0.05) is 30.3 Å². The third-order valence-corrected chi connectivity index (χ3v) is 4.47. The Morgan fingerprint density at radius 3 is 2.62 bits per heavy atom. The number of hydrogen-bond acceptors (Lipinski definition) is 3. The van der Waals surface area contributed by atoms with Gasteiger partial charge in [-0.25, -0.2) is 0 Å². The molecule has 1 unspecified atom stereocenters. The average Bonchev–Trinajstić information content (AvgIpc) is 3.35. The summed E-state index contributed by atoms with van der Waals surface area (Å²) in [7, 11) is 1.63. The van der Waals surface area contributed by atoms with Crippen molar-refractivity contribution in [2.45, 2.75) is 6.04 Å². The number of aromatic amines is 2. The first-order valence-corrected chi connectivity index (χ1v) is 8.40. The Bertz CT molecular complexity index is 1020. The van der Waals surface area contributed by atoms with Gasteiger partial charge < -0.3 is 15.6 Å². The Morgan fingerprint density at radius 2 is 1.88 bits per heavy atom. The Hall–Kier alpha value is -3.54. The van der Waals surface area contributed by atoms with Crippen LogP contribution in [-0.2, 0) is 0 Å². The van der Waals surface area contributed by atoms with Gasteiger partial charge in [0, 0.05) is 35.3 Å². The molecule has 4 aromatic rings. The number of nitrogens with zero attached hydrogens (tertiary/aromatic N) is 1. The van der Waals surface area contributed by atoms with Crippen molar-refractivity contribution in [3.05, 3.63) is 83.7 Å². The van der Waals surface area contributed by atoms with Gasteiger partial charge in [-0.05, 0) is 29.8 Å². The molecule has 0 aliphatic rings. The number of amides is 1. The molecule has 2 aromatic carbocycles. The predicted octanol–water partition coefficient (Wildman–Crippen LogP) is 3.45. The second-order valence-electron chi connectivity index (χ2n) is 6.04. The highest BCUT2D eigenvalue weighted by molar-refractivity contribution is 5.94. The van der Waals surface area contributed by atoms with Crippen molar-refractivity contribution in [3.8, 4) is 0 Å². The first-order valence-electron chi connectivity index (χ1n) is 8.40. The Morgan fingerprint density at radius 1 is 1.08 bits per heavy atom. The third kappa shape index (κ3) is 2.93. The molecular formula is C20H19N5O. The maximum absolute atomic E-state index is 11.8. The highest BCUT2D eigenvalue weighted by atomic mass is 16.1. The van der Waals surface area contributed by atoms with Crippen molar-refractivity contribution in [2.75, 3.05) is 12.4 Å². The molecule has 1 atom stereocenters. The van der Waals surface area contributed by atoms with Gasteiger partial charge in [0.15, 0.2) is 0 Å². The molecule has 0 fully saturated rings. The molecule has 2 heterocycles. The van der Waals surface area contributed by atoms with Crippen LogP contribution in [0.3, 0.4) is 0 Å². The first kappa shape index (κ1) is 16.0. The molecule has 130 valence electrons. The van der Waals surface area contributed by atoms with E-state index in [1.54, 1.807) is 13.2 Å². The maximum Gasteiger partial charge on any atom is 0.251 e. The molecular weight excluding hydrogens is 326 g/mol. The van der Waals surface area contributed by atoms with E-state index in [1.807, 2.05) is 48.7 Å². The van der Waals surface area contributed by atoms with Crippen molar-refractivity contribution in [1.29, 1.82) is 0 Å². The van der Waals surface area contributed by atoms with Crippen LogP contribution in [0.25, 0.3) is 10.9 Å². The fraction of sp³-hybridized carbons (Fsp3) is 0.100. The van der Waals surface area contributed by atoms with Crippen molar-refractivity contribution in [2.24, 2.45) is 0 Å². The van der Waals surface area contributed by atoms with Crippen molar-refractivity contribution in [3.63, 3.8) is 0 Å². The van der Waals surface area contributed by atoms with Crippen LogP contribution in [0.4, 0.5) is 5.82 Å². The van der Waals surface area contributed by atoms with Crippen molar-refractivity contribution in [1.82, 2.24) is 20.5 Å². The molecule has 0 aliphatic heterocycles. The Kier molecular flexibility index (Phi) is 4.15. The number of hydrogen-bond donors (Lipinski definition) is 4. The summed E-state index contributed by atoms with van der Waals surface area (Å²) in [4.78, 5) is 15.1. The van der Waals surface area contributed by atoms with Gasteiger partial charge in [0.2, 0.25) is 0 Å². The maximum atomic E-state index is 11.8. The SMILES string of the molecule is CNC(=O)c1ccc(C(Nc2ccn[nH]2)c2c[nH]c3ccccc23)cc1. The van der Waals surface area contributed by atoms with Gasteiger partial charge in [0.05, 0.1) is 12.2 Å². The van der Waals surface area contributed by atoms with E-state index in [0.717, 1.165) is 27.8 Å². The average molecular weight is 345 g/mol. The van der Waals surface area contributed by atoms with Gasteiger partial charge >= 0.3 is 0 Å². The minimum atomic E-state index is -0.0956. The van der Waals surface area contributed by atoms with Gasteiger partial charge in [-0.2, -0.15) is 5.10 Å². The minimum absolute atomic E-state index is 0.0923. The molecule has 4 N–H and O–H groups in total. The smallest absolute Gasteiger partial charge is 0.251 e. The monoisotopic (exact) mass is 345 g/mol. The predicted molar refractivity (Wildman–Crippen MR) is 102 cm³/mol. The van der Waals surface area contributed by atoms with Gasteiger partial charge in [0.25, 0.3) is 5.91 Å². The molecule has 1 amide bonds. The van der Waals surface area contributed by atoms with E-state index in [0.29, 0.717) is 5.56 Å².